The van der Waals surface area contributed by atoms with Gasteiger partial charge in [-0.25, -0.2) is 4.79 Å². The summed E-state index contributed by atoms with van der Waals surface area (Å²) in [5, 5.41) is 17.4. The van der Waals surface area contributed by atoms with Gasteiger partial charge < -0.3 is 26.0 Å². The Kier molecular flexibility index (Phi) is 7.18. The molecule has 152 valence electrons. The van der Waals surface area contributed by atoms with Crippen LogP contribution in [0.2, 0.25) is 0 Å². The number of aliphatic carboxylic acids is 1. The topological polar surface area (TPSA) is 128 Å². The molecule has 0 radical (unpaired) electrons. The Morgan fingerprint density at radius 3 is 2.33 bits per heavy atom. The highest BCUT2D eigenvalue weighted by Crippen LogP contribution is 2.21. The van der Waals surface area contributed by atoms with Gasteiger partial charge in [-0.05, 0) is 45.1 Å². The van der Waals surface area contributed by atoms with Gasteiger partial charge in [0.2, 0.25) is 17.7 Å². The lowest BCUT2D eigenvalue weighted by Gasteiger charge is -2.28. The largest absolute Gasteiger partial charge is 0.480 e. The van der Waals surface area contributed by atoms with Crippen LogP contribution >= 0.6 is 0 Å². The highest BCUT2D eigenvalue weighted by molar-refractivity contribution is 5.94. The number of rotatable bonds is 7. The average Bonchev–Trinajstić information content (AvgIpc) is 3.29. The van der Waals surface area contributed by atoms with E-state index in [9.17, 15) is 24.3 Å². The van der Waals surface area contributed by atoms with Gasteiger partial charge in [0.25, 0.3) is 0 Å². The van der Waals surface area contributed by atoms with Crippen LogP contribution in [0, 0.1) is 5.92 Å². The number of hydrogen-bond acceptors (Lipinski definition) is 5. The van der Waals surface area contributed by atoms with Crippen LogP contribution in [-0.2, 0) is 19.2 Å². The molecule has 0 aliphatic carbocycles. The maximum absolute atomic E-state index is 12.6. The highest BCUT2D eigenvalue weighted by Gasteiger charge is 2.38. The third-order valence-electron chi connectivity index (χ3n) is 5.18. The molecule has 2 aliphatic heterocycles. The fourth-order valence-electron chi connectivity index (χ4n) is 3.57. The van der Waals surface area contributed by atoms with E-state index in [0.29, 0.717) is 13.0 Å². The Morgan fingerprint density at radius 1 is 1.07 bits per heavy atom. The van der Waals surface area contributed by atoms with E-state index < -0.39 is 30.0 Å². The third kappa shape index (κ3) is 5.18. The molecule has 4 atom stereocenters. The fourth-order valence-corrected chi connectivity index (χ4v) is 3.57. The second-order valence-electron chi connectivity index (χ2n) is 7.64. The summed E-state index contributed by atoms with van der Waals surface area (Å²) in [5.74, 6) is -2.39. The van der Waals surface area contributed by atoms with Crippen molar-refractivity contribution < 1.29 is 24.3 Å². The molecular formula is C18H30N4O5. The summed E-state index contributed by atoms with van der Waals surface area (Å²) >= 11 is 0. The molecular weight excluding hydrogens is 352 g/mol. The Morgan fingerprint density at radius 2 is 1.78 bits per heavy atom. The molecule has 2 saturated heterocycles. The van der Waals surface area contributed by atoms with E-state index in [4.69, 9.17) is 0 Å². The van der Waals surface area contributed by atoms with Crippen molar-refractivity contribution in [3.8, 4) is 0 Å². The first-order chi connectivity index (χ1) is 12.7. The summed E-state index contributed by atoms with van der Waals surface area (Å²) in [7, 11) is 0. The SMILES string of the molecule is CC(NC(=O)C1CCCN1C(=O)C1CCCN1)C(=O)NC(C(=O)O)C(C)C. The van der Waals surface area contributed by atoms with Crippen LogP contribution in [0.5, 0.6) is 0 Å². The van der Waals surface area contributed by atoms with E-state index in [2.05, 4.69) is 16.0 Å². The number of carboxylic acid groups (broad SMARTS) is 1. The third-order valence-corrected chi connectivity index (χ3v) is 5.18. The number of nitrogens with one attached hydrogen (secondary N) is 3. The molecule has 2 rings (SSSR count). The summed E-state index contributed by atoms with van der Waals surface area (Å²) in [6.45, 7) is 6.23. The van der Waals surface area contributed by atoms with Gasteiger partial charge in [0.15, 0.2) is 0 Å². The van der Waals surface area contributed by atoms with E-state index in [1.165, 1.54) is 6.92 Å². The molecule has 0 aromatic heterocycles. The normalized spacial score (nSPS) is 24.5. The summed E-state index contributed by atoms with van der Waals surface area (Å²) in [4.78, 5) is 50.3. The first-order valence-corrected chi connectivity index (χ1v) is 9.59. The summed E-state index contributed by atoms with van der Waals surface area (Å²) in [5.41, 5.74) is 0. The molecule has 2 heterocycles. The van der Waals surface area contributed by atoms with Crippen LogP contribution in [-0.4, -0.2) is 71.0 Å². The lowest BCUT2D eigenvalue weighted by atomic mass is 10.0. The van der Waals surface area contributed by atoms with Gasteiger partial charge in [-0.15, -0.1) is 0 Å². The zero-order valence-corrected chi connectivity index (χ0v) is 16.2. The van der Waals surface area contributed by atoms with Crippen LogP contribution in [0.25, 0.3) is 0 Å². The Bertz CT molecular complexity index is 588. The fraction of sp³-hybridized carbons (Fsp3) is 0.778. The second kappa shape index (κ2) is 9.16. The van der Waals surface area contributed by atoms with Crippen molar-refractivity contribution >= 4 is 23.7 Å². The predicted octanol–water partition coefficient (Wildman–Crippen LogP) is -0.540. The summed E-state index contributed by atoms with van der Waals surface area (Å²) in [6, 6.07) is -2.73. The first kappa shape index (κ1) is 21.1. The molecule has 2 aliphatic rings. The maximum atomic E-state index is 12.6. The molecule has 0 bridgehead atoms. The van der Waals surface area contributed by atoms with Crippen molar-refractivity contribution in [2.45, 2.75) is 70.6 Å². The molecule has 4 N–H and O–H groups in total. The molecule has 3 amide bonds. The van der Waals surface area contributed by atoms with Gasteiger partial charge in [0.05, 0.1) is 6.04 Å². The van der Waals surface area contributed by atoms with Crippen molar-refractivity contribution in [1.82, 2.24) is 20.9 Å². The van der Waals surface area contributed by atoms with Crippen molar-refractivity contribution in [3.05, 3.63) is 0 Å². The lowest BCUT2D eigenvalue weighted by Crippen LogP contribution is -2.56. The van der Waals surface area contributed by atoms with E-state index in [1.54, 1.807) is 18.7 Å². The Balaban J connectivity index is 1.93. The monoisotopic (exact) mass is 382 g/mol. The van der Waals surface area contributed by atoms with Gasteiger partial charge in [-0.2, -0.15) is 0 Å². The van der Waals surface area contributed by atoms with Crippen LogP contribution in [0.1, 0.15) is 46.5 Å². The first-order valence-electron chi connectivity index (χ1n) is 9.59. The zero-order chi connectivity index (χ0) is 20.1. The summed E-state index contributed by atoms with van der Waals surface area (Å²) in [6.07, 6.45) is 3.01. The molecule has 27 heavy (non-hydrogen) atoms. The van der Waals surface area contributed by atoms with E-state index in [-0.39, 0.29) is 23.8 Å². The van der Waals surface area contributed by atoms with Crippen molar-refractivity contribution in [2.75, 3.05) is 13.1 Å². The van der Waals surface area contributed by atoms with Crippen molar-refractivity contribution in [2.24, 2.45) is 5.92 Å². The van der Waals surface area contributed by atoms with Gasteiger partial charge in [-0.3, -0.25) is 14.4 Å². The van der Waals surface area contributed by atoms with E-state index in [0.717, 1.165) is 25.8 Å². The maximum Gasteiger partial charge on any atom is 0.326 e. The molecule has 0 spiro atoms. The minimum atomic E-state index is -1.12. The number of hydrogen-bond donors (Lipinski definition) is 4. The standard InChI is InChI=1S/C18H30N4O5/c1-10(2)14(18(26)27)21-15(23)11(3)20-16(24)13-7-5-9-22(13)17(25)12-6-4-8-19-12/h10-14,19H,4-9H2,1-3H3,(H,20,24)(H,21,23)(H,26,27). The molecule has 0 aromatic carbocycles. The number of likely N-dealkylation sites (tertiary alicyclic amines) is 1. The van der Waals surface area contributed by atoms with Crippen LogP contribution in [0.15, 0.2) is 0 Å². The Labute approximate surface area is 159 Å². The lowest BCUT2D eigenvalue weighted by molar-refractivity contribution is -0.144. The van der Waals surface area contributed by atoms with Gasteiger partial charge >= 0.3 is 5.97 Å². The van der Waals surface area contributed by atoms with Gasteiger partial charge in [-0.1, -0.05) is 13.8 Å². The molecule has 2 fully saturated rings. The van der Waals surface area contributed by atoms with E-state index >= 15 is 0 Å². The van der Waals surface area contributed by atoms with E-state index in [1.807, 2.05) is 0 Å². The minimum absolute atomic E-state index is 0.0620. The van der Waals surface area contributed by atoms with Gasteiger partial charge in [0.1, 0.15) is 18.1 Å². The van der Waals surface area contributed by atoms with Crippen molar-refractivity contribution in [3.63, 3.8) is 0 Å². The van der Waals surface area contributed by atoms with Crippen LogP contribution in [0.4, 0.5) is 0 Å². The Hall–Kier alpha value is -2.16. The molecule has 9 heteroatoms. The van der Waals surface area contributed by atoms with Crippen LogP contribution < -0.4 is 16.0 Å². The zero-order valence-electron chi connectivity index (χ0n) is 16.2. The highest BCUT2D eigenvalue weighted by atomic mass is 16.4. The average molecular weight is 382 g/mol. The number of carboxylic acids is 1. The second-order valence-corrected chi connectivity index (χ2v) is 7.64. The smallest absolute Gasteiger partial charge is 0.326 e. The molecule has 9 nitrogen and oxygen atoms in total. The minimum Gasteiger partial charge on any atom is -0.480 e. The number of nitrogens with zero attached hydrogens (tertiary/aromatic N) is 1. The number of carbonyl (C=O) groups is 4. The molecule has 0 aromatic rings. The summed E-state index contributed by atoms with van der Waals surface area (Å²) < 4.78 is 0. The molecule has 4 unspecified atom stereocenters. The van der Waals surface area contributed by atoms with Crippen LogP contribution in [0.3, 0.4) is 0 Å². The molecule has 0 saturated carbocycles. The number of amides is 3. The van der Waals surface area contributed by atoms with Crippen molar-refractivity contribution in [1.29, 1.82) is 0 Å². The predicted molar refractivity (Wildman–Crippen MR) is 97.8 cm³/mol. The number of carbonyl (C=O) groups excluding carboxylic acids is 3. The van der Waals surface area contributed by atoms with Gasteiger partial charge in [0, 0.05) is 6.54 Å². The quantitative estimate of drug-likeness (QED) is 0.468.